The number of rotatable bonds is 9. The van der Waals surface area contributed by atoms with Crippen LogP contribution in [0.2, 0.25) is 5.02 Å². The molecule has 0 bridgehead atoms. The molecule has 4 rings (SSSR count). The molecule has 0 radical (unpaired) electrons. The van der Waals surface area contributed by atoms with Crippen molar-refractivity contribution in [3.8, 4) is 17.0 Å². The second kappa shape index (κ2) is 11.4. The number of nitrogens with zero attached hydrogens (tertiary/aromatic N) is 1. The van der Waals surface area contributed by atoms with E-state index in [1.807, 2.05) is 13.8 Å². The average molecular weight is 626 g/mol. The number of methoxy groups -OCH3 is 1. The van der Waals surface area contributed by atoms with Gasteiger partial charge in [-0.3, -0.25) is 0 Å². The predicted molar refractivity (Wildman–Crippen MR) is 148 cm³/mol. The smallest absolute Gasteiger partial charge is 0.335 e. The first-order chi connectivity index (χ1) is 19.1. The third-order valence-electron chi connectivity index (χ3n) is 6.43. The molecule has 4 N–H and O–H groups in total. The molecular formula is C27H23ClF3N3O5S2. The van der Waals surface area contributed by atoms with Gasteiger partial charge in [-0.25, -0.2) is 36.5 Å². The summed E-state index contributed by atoms with van der Waals surface area (Å²) in [5.74, 6) is -4.36. The second-order valence-corrected chi connectivity index (χ2v) is 12.3. The number of carboxylic acids is 1. The van der Waals surface area contributed by atoms with Gasteiger partial charge < -0.3 is 14.8 Å². The molecule has 216 valence electrons. The molecular weight excluding hydrogens is 603 g/mol. The first kappa shape index (κ1) is 30.4. The molecule has 0 aliphatic heterocycles. The van der Waals surface area contributed by atoms with Crippen LogP contribution < -0.4 is 9.88 Å². The Balaban J connectivity index is 1.80. The lowest BCUT2D eigenvalue weighted by Crippen LogP contribution is -2.21. The van der Waals surface area contributed by atoms with Crippen LogP contribution in [0.25, 0.3) is 11.3 Å². The van der Waals surface area contributed by atoms with E-state index >= 15 is 0 Å². The van der Waals surface area contributed by atoms with Gasteiger partial charge in [-0.05, 0) is 48.0 Å². The van der Waals surface area contributed by atoms with E-state index in [9.17, 15) is 26.4 Å². The van der Waals surface area contributed by atoms with Crippen LogP contribution in [0.15, 0.2) is 58.6 Å². The number of carboxylic acid groups (broad SMARTS) is 1. The minimum Gasteiger partial charge on any atom is -0.494 e. The number of hydrogen-bond acceptors (Lipinski definition) is 6. The summed E-state index contributed by atoms with van der Waals surface area (Å²) in [7, 11) is -2.75. The van der Waals surface area contributed by atoms with Gasteiger partial charge in [-0.1, -0.05) is 43.3 Å². The number of aromatic carboxylic acids is 1. The van der Waals surface area contributed by atoms with Gasteiger partial charge in [0.2, 0.25) is 10.0 Å². The maximum atomic E-state index is 14.5. The minimum atomic E-state index is -4.07. The molecule has 0 saturated heterocycles. The molecule has 41 heavy (non-hydrogen) atoms. The van der Waals surface area contributed by atoms with Gasteiger partial charge in [-0.15, -0.1) is 0 Å². The van der Waals surface area contributed by atoms with Crippen LogP contribution in [0.3, 0.4) is 0 Å². The van der Waals surface area contributed by atoms with E-state index in [0.717, 1.165) is 23.9 Å². The molecule has 0 amide bonds. The standard InChI is InChI=1S/C27H23ClF3N3O5S2/c1-27(2,15-5-7-22(17(28)11-15)41(32,37)38)24-23(13-4-6-18(29)21(10-13)39-3)33-26(34-24)40-12-16-19(30)8-14(25(35)36)9-20(16)31/h4-11H,12H2,1-3H3,(H,33,34)(H,35,36)(H2,32,37,38). The fourth-order valence-electron chi connectivity index (χ4n) is 4.16. The van der Waals surface area contributed by atoms with Gasteiger partial charge >= 0.3 is 5.97 Å². The highest BCUT2D eigenvalue weighted by Gasteiger charge is 2.32. The summed E-state index contributed by atoms with van der Waals surface area (Å²) in [6.45, 7) is 3.62. The lowest BCUT2D eigenvalue weighted by Gasteiger charge is -2.26. The number of ether oxygens (including phenoxy) is 1. The summed E-state index contributed by atoms with van der Waals surface area (Å²) < 4.78 is 72.1. The van der Waals surface area contributed by atoms with Crippen LogP contribution in [0.4, 0.5) is 13.2 Å². The van der Waals surface area contributed by atoms with E-state index in [2.05, 4.69) is 9.97 Å². The van der Waals surface area contributed by atoms with Crippen molar-refractivity contribution in [2.24, 2.45) is 5.14 Å². The maximum absolute atomic E-state index is 14.5. The first-order valence-corrected chi connectivity index (χ1v) is 14.7. The van der Waals surface area contributed by atoms with Crippen molar-refractivity contribution in [2.75, 3.05) is 7.11 Å². The molecule has 0 aliphatic rings. The van der Waals surface area contributed by atoms with Gasteiger partial charge in [-0.2, -0.15) is 0 Å². The van der Waals surface area contributed by atoms with Crippen molar-refractivity contribution < 1.29 is 36.2 Å². The van der Waals surface area contributed by atoms with Gasteiger partial charge in [0.25, 0.3) is 0 Å². The number of sulfonamides is 1. The van der Waals surface area contributed by atoms with E-state index in [4.69, 9.17) is 26.6 Å². The number of H-pyrrole nitrogens is 1. The van der Waals surface area contributed by atoms with Crippen LogP contribution in [-0.4, -0.2) is 36.6 Å². The number of aromatic amines is 1. The summed E-state index contributed by atoms with van der Waals surface area (Å²) in [4.78, 5) is 18.6. The van der Waals surface area contributed by atoms with Crippen molar-refractivity contribution in [1.82, 2.24) is 9.97 Å². The fourth-order valence-corrected chi connectivity index (χ4v) is 6.14. The number of hydrogen-bond donors (Lipinski definition) is 3. The summed E-state index contributed by atoms with van der Waals surface area (Å²) in [5.41, 5.74) is 0.127. The number of carbonyl (C=O) groups is 1. The Bertz CT molecular complexity index is 1750. The van der Waals surface area contributed by atoms with Gasteiger partial charge in [0.15, 0.2) is 16.7 Å². The van der Waals surface area contributed by atoms with Crippen molar-refractivity contribution in [2.45, 2.75) is 35.1 Å². The molecule has 1 heterocycles. The zero-order valence-electron chi connectivity index (χ0n) is 21.8. The zero-order valence-corrected chi connectivity index (χ0v) is 24.1. The highest BCUT2D eigenvalue weighted by Crippen LogP contribution is 2.41. The summed E-state index contributed by atoms with van der Waals surface area (Å²) >= 11 is 7.21. The van der Waals surface area contributed by atoms with E-state index < -0.39 is 44.4 Å². The molecule has 0 unspecified atom stereocenters. The Hall–Kier alpha value is -3.52. The van der Waals surface area contributed by atoms with Crippen LogP contribution in [0, 0.1) is 17.5 Å². The third kappa shape index (κ3) is 6.22. The third-order valence-corrected chi connectivity index (χ3v) is 8.73. The molecule has 0 saturated carbocycles. The Kier molecular flexibility index (Phi) is 8.46. The van der Waals surface area contributed by atoms with Crippen LogP contribution >= 0.6 is 23.4 Å². The molecule has 0 fully saturated rings. The summed E-state index contributed by atoms with van der Waals surface area (Å²) in [6, 6.07) is 9.91. The van der Waals surface area contributed by atoms with E-state index in [0.29, 0.717) is 22.5 Å². The molecule has 3 aromatic carbocycles. The number of primary sulfonamides is 1. The molecule has 8 nitrogen and oxygen atoms in total. The molecule has 0 atom stereocenters. The lowest BCUT2D eigenvalue weighted by atomic mass is 9.80. The Morgan fingerprint density at radius 1 is 1.10 bits per heavy atom. The Morgan fingerprint density at radius 3 is 2.32 bits per heavy atom. The van der Waals surface area contributed by atoms with Crippen molar-refractivity contribution >= 4 is 39.4 Å². The van der Waals surface area contributed by atoms with E-state index in [1.165, 1.54) is 37.4 Å². The van der Waals surface area contributed by atoms with Crippen molar-refractivity contribution in [3.63, 3.8) is 0 Å². The number of nitrogens with one attached hydrogen (secondary N) is 1. The zero-order chi connectivity index (χ0) is 30.3. The Labute approximate surface area is 242 Å². The van der Waals surface area contributed by atoms with E-state index in [-0.39, 0.29) is 32.1 Å². The van der Waals surface area contributed by atoms with Gasteiger partial charge in [0.05, 0.1) is 29.1 Å². The molecule has 14 heteroatoms. The monoisotopic (exact) mass is 625 g/mol. The van der Waals surface area contributed by atoms with Crippen molar-refractivity contribution in [1.29, 1.82) is 0 Å². The fraction of sp³-hybridized carbons (Fsp3) is 0.185. The number of halogens is 4. The topological polar surface area (TPSA) is 135 Å². The molecule has 0 spiro atoms. The number of thioether (sulfide) groups is 1. The second-order valence-electron chi connectivity index (χ2n) is 9.44. The van der Waals surface area contributed by atoms with Crippen molar-refractivity contribution in [3.05, 3.63) is 93.4 Å². The molecule has 0 aliphatic carbocycles. The van der Waals surface area contributed by atoms with Crippen LogP contribution in [0.5, 0.6) is 5.75 Å². The molecule has 4 aromatic rings. The summed E-state index contributed by atoms with van der Waals surface area (Å²) in [6.07, 6.45) is 0. The number of imidazole rings is 1. The van der Waals surface area contributed by atoms with Crippen LogP contribution in [-0.2, 0) is 21.2 Å². The first-order valence-electron chi connectivity index (χ1n) is 11.7. The SMILES string of the molecule is COc1cc(-c2nc(SCc3c(F)cc(C(=O)O)cc3F)[nH]c2C(C)(C)c2ccc(S(N)(=O)=O)c(Cl)c2)ccc1F. The quantitative estimate of drug-likeness (QED) is 0.191. The highest BCUT2D eigenvalue weighted by atomic mass is 35.5. The lowest BCUT2D eigenvalue weighted by molar-refractivity contribution is 0.0695. The maximum Gasteiger partial charge on any atom is 0.335 e. The van der Waals surface area contributed by atoms with E-state index in [1.54, 1.807) is 6.07 Å². The van der Waals surface area contributed by atoms with Gasteiger partial charge in [0.1, 0.15) is 16.5 Å². The van der Waals surface area contributed by atoms with Crippen LogP contribution in [0.1, 0.15) is 41.0 Å². The van der Waals surface area contributed by atoms with Gasteiger partial charge in [0, 0.05) is 22.3 Å². The number of nitrogens with two attached hydrogens (primary N) is 1. The highest BCUT2D eigenvalue weighted by molar-refractivity contribution is 7.98. The average Bonchev–Trinajstić information content (AvgIpc) is 3.32. The number of benzene rings is 3. The normalized spacial score (nSPS) is 12.0. The summed E-state index contributed by atoms with van der Waals surface area (Å²) in [5, 5.41) is 14.4. The predicted octanol–water partition coefficient (Wildman–Crippen LogP) is 6.12. The minimum absolute atomic E-state index is 0.0355. The largest absolute Gasteiger partial charge is 0.494 e. The molecule has 1 aromatic heterocycles. The number of aromatic nitrogens is 2. The Morgan fingerprint density at radius 2 is 1.76 bits per heavy atom.